The first-order valence-electron chi connectivity index (χ1n) is 14.7. The van der Waals surface area contributed by atoms with Crippen molar-refractivity contribution < 1.29 is 5.11 Å². The van der Waals surface area contributed by atoms with Gasteiger partial charge in [0.2, 0.25) is 0 Å². The molecule has 3 heteroatoms. The smallest absolute Gasteiger partial charge is 0.0701 e. The van der Waals surface area contributed by atoms with Gasteiger partial charge in [-0.2, -0.15) is 0 Å². The Morgan fingerprint density at radius 2 is 1.28 bits per heavy atom. The van der Waals surface area contributed by atoms with Crippen molar-refractivity contribution in [3.63, 3.8) is 0 Å². The molecule has 2 aromatic rings. The summed E-state index contributed by atoms with van der Waals surface area (Å²) in [6.07, 6.45) is 15.1. The second-order valence-corrected chi connectivity index (χ2v) is 12.6. The van der Waals surface area contributed by atoms with E-state index in [9.17, 15) is 5.11 Å². The lowest BCUT2D eigenvalue weighted by atomic mass is 9.61. The maximum atomic E-state index is 11.6. The Morgan fingerprint density at radius 3 is 1.83 bits per heavy atom. The second kappa shape index (κ2) is 12.7. The molecule has 0 aliphatic heterocycles. The summed E-state index contributed by atoms with van der Waals surface area (Å²) in [4.78, 5) is 0. The normalized spacial score (nSPS) is 20.9. The van der Waals surface area contributed by atoms with Crippen LogP contribution in [0.5, 0.6) is 0 Å². The molecule has 5 N–H and O–H groups in total. The van der Waals surface area contributed by atoms with Crippen LogP contribution in [0.25, 0.3) is 0 Å². The maximum absolute atomic E-state index is 11.6. The van der Waals surface area contributed by atoms with E-state index in [1.54, 1.807) is 0 Å². The third-order valence-electron chi connectivity index (χ3n) is 9.36. The lowest BCUT2D eigenvalue weighted by molar-refractivity contribution is -0.000605. The molecule has 3 nitrogen and oxygen atoms in total. The van der Waals surface area contributed by atoms with Gasteiger partial charge in [0.15, 0.2) is 0 Å². The first-order chi connectivity index (χ1) is 17.4. The molecule has 36 heavy (non-hydrogen) atoms. The van der Waals surface area contributed by atoms with Gasteiger partial charge in [-0.25, -0.2) is 0 Å². The maximum Gasteiger partial charge on any atom is 0.0701 e. The van der Waals surface area contributed by atoms with E-state index in [-0.39, 0.29) is 5.41 Å². The third-order valence-corrected chi connectivity index (χ3v) is 9.36. The molecule has 0 amide bonds. The van der Waals surface area contributed by atoms with Crippen LogP contribution in [-0.4, -0.2) is 16.9 Å². The number of rotatable bonds is 13. The predicted octanol–water partition coefficient (Wildman–Crippen LogP) is 7.01. The molecule has 0 aromatic heterocycles. The average Bonchev–Trinajstić information content (AvgIpc) is 3.54. The Labute approximate surface area is 220 Å². The van der Waals surface area contributed by atoms with Crippen LogP contribution >= 0.6 is 0 Å². The summed E-state index contributed by atoms with van der Waals surface area (Å²) in [7, 11) is 0. The molecule has 2 aromatic carbocycles. The van der Waals surface area contributed by atoms with Gasteiger partial charge in [0.25, 0.3) is 0 Å². The van der Waals surface area contributed by atoms with Crippen molar-refractivity contribution in [2.45, 2.75) is 109 Å². The fraction of sp³-hybridized carbons (Fsp3) is 0.636. The zero-order chi connectivity index (χ0) is 25.4. The van der Waals surface area contributed by atoms with Gasteiger partial charge in [0.1, 0.15) is 0 Å². The minimum absolute atomic E-state index is 0.308. The van der Waals surface area contributed by atoms with E-state index in [0.29, 0.717) is 24.2 Å². The molecule has 2 aliphatic carbocycles. The molecule has 0 saturated heterocycles. The Bertz CT molecular complexity index is 886. The van der Waals surface area contributed by atoms with Crippen molar-refractivity contribution in [3.05, 3.63) is 71.8 Å². The van der Waals surface area contributed by atoms with E-state index in [0.717, 1.165) is 32.1 Å². The number of hydrogen-bond donors (Lipinski definition) is 3. The summed E-state index contributed by atoms with van der Waals surface area (Å²) in [6.45, 7) is 2.27. The summed E-state index contributed by atoms with van der Waals surface area (Å²) in [5, 5.41) is 11.6. The Hall–Kier alpha value is -1.68. The standard InChI is InChI=1S/C33H50N2O/c1-26(20-27-12-4-2-5-13-27)21-31(36)25-32(23-29-16-8-9-17-29,22-28-14-6-3-7-15-28)33(34,35)24-30-18-10-11-19-30/h2-7,12-15,26,29-31,36H,8-11,16-25,34-35H2,1H3. The molecule has 4 rings (SSSR count). The summed E-state index contributed by atoms with van der Waals surface area (Å²) >= 11 is 0. The first-order valence-corrected chi connectivity index (χ1v) is 14.7. The molecular formula is C33H50N2O. The molecule has 198 valence electrons. The lowest BCUT2D eigenvalue weighted by Gasteiger charge is -2.50. The zero-order valence-corrected chi connectivity index (χ0v) is 22.6. The summed E-state index contributed by atoms with van der Waals surface area (Å²) in [5.41, 5.74) is 16.1. The Morgan fingerprint density at radius 1 is 0.778 bits per heavy atom. The number of benzene rings is 2. The number of aliphatic hydroxyl groups is 1. The van der Waals surface area contributed by atoms with Crippen LogP contribution in [0.4, 0.5) is 0 Å². The monoisotopic (exact) mass is 490 g/mol. The van der Waals surface area contributed by atoms with Crippen LogP contribution in [0.3, 0.4) is 0 Å². The van der Waals surface area contributed by atoms with E-state index in [4.69, 9.17) is 11.5 Å². The zero-order valence-electron chi connectivity index (χ0n) is 22.6. The predicted molar refractivity (Wildman–Crippen MR) is 151 cm³/mol. The quantitative estimate of drug-likeness (QED) is 0.264. The van der Waals surface area contributed by atoms with E-state index in [1.165, 1.54) is 62.5 Å². The fourth-order valence-electron chi connectivity index (χ4n) is 7.53. The minimum atomic E-state index is -0.788. The number of aliphatic hydroxyl groups excluding tert-OH is 1. The molecule has 2 saturated carbocycles. The van der Waals surface area contributed by atoms with Gasteiger partial charge >= 0.3 is 0 Å². The van der Waals surface area contributed by atoms with E-state index >= 15 is 0 Å². The molecule has 3 atom stereocenters. The van der Waals surface area contributed by atoms with Crippen molar-refractivity contribution in [2.24, 2.45) is 34.6 Å². The van der Waals surface area contributed by atoms with Gasteiger partial charge in [-0.05, 0) is 67.4 Å². The van der Waals surface area contributed by atoms with Crippen LogP contribution in [0, 0.1) is 23.2 Å². The SMILES string of the molecule is CC(Cc1ccccc1)CC(O)CC(Cc1ccccc1)(CC1CCCC1)C(N)(N)CC1CCCC1. The molecule has 2 aliphatic rings. The molecule has 0 spiro atoms. The Kier molecular flexibility index (Phi) is 9.66. The highest BCUT2D eigenvalue weighted by molar-refractivity contribution is 5.20. The van der Waals surface area contributed by atoms with Crippen molar-refractivity contribution in [3.8, 4) is 0 Å². The van der Waals surface area contributed by atoms with Crippen LogP contribution in [0.2, 0.25) is 0 Å². The van der Waals surface area contributed by atoms with Crippen LogP contribution in [0.1, 0.15) is 95.1 Å². The largest absolute Gasteiger partial charge is 0.393 e. The van der Waals surface area contributed by atoms with Gasteiger partial charge in [0.05, 0.1) is 11.8 Å². The summed E-state index contributed by atoms with van der Waals surface area (Å²) in [6, 6.07) is 21.4. The molecular weight excluding hydrogens is 440 g/mol. The molecule has 3 unspecified atom stereocenters. The van der Waals surface area contributed by atoms with Crippen molar-refractivity contribution >= 4 is 0 Å². The van der Waals surface area contributed by atoms with Crippen LogP contribution in [0.15, 0.2) is 60.7 Å². The second-order valence-electron chi connectivity index (χ2n) is 12.6. The van der Waals surface area contributed by atoms with Crippen LogP contribution < -0.4 is 11.5 Å². The van der Waals surface area contributed by atoms with Gasteiger partial charge in [0, 0.05) is 5.41 Å². The molecule has 0 radical (unpaired) electrons. The minimum Gasteiger partial charge on any atom is -0.393 e. The van der Waals surface area contributed by atoms with Gasteiger partial charge in [-0.15, -0.1) is 0 Å². The van der Waals surface area contributed by atoms with Gasteiger partial charge in [-0.3, -0.25) is 0 Å². The Balaban J connectivity index is 1.58. The van der Waals surface area contributed by atoms with Crippen LogP contribution in [-0.2, 0) is 12.8 Å². The average molecular weight is 491 g/mol. The highest BCUT2D eigenvalue weighted by Gasteiger charge is 2.49. The van der Waals surface area contributed by atoms with E-state index in [1.807, 2.05) is 0 Å². The highest BCUT2D eigenvalue weighted by atomic mass is 16.3. The van der Waals surface area contributed by atoms with Crippen molar-refractivity contribution in [2.75, 3.05) is 0 Å². The molecule has 0 bridgehead atoms. The van der Waals surface area contributed by atoms with E-state index in [2.05, 4.69) is 67.6 Å². The van der Waals surface area contributed by atoms with Crippen molar-refractivity contribution in [1.29, 1.82) is 0 Å². The number of nitrogens with two attached hydrogens (primary N) is 2. The molecule has 2 fully saturated rings. The lowest BCUT2D eigenvalue weighted by Crippen LogP contribution is -2.65. The third kappa shape index (κ3) is 7.43. The van der Waals surface area contributed by atoms with Gasteiger partial charge in [-0.1, -0.05) is 119 Å². The summed E-state index contributed by atoms with van der Waals surface area (Å²) < 4.78 is 0. The van der Waals surface area contributed by atoms with E-state index < -0.39 is 11.8 Å². The number of hydrogen-bond acceptors (Lipinski definition) is 3. The van der Waals surface area contributed by atoms with Gasteiger partial charge < -0.3 is 16.6 Å². The summed E-state index contributed by atoms with van der Waals surface area (Å²) in [5.74, 6) is 1.69. The van der Waals surface area contributed by atoms with Crippen molar-refractivity contribution in [1.82, 2.24) is 0 Å². The first kappa shape index (κ1) is 27.4. The highest BCUT2D eigenvalue weighted by Crippen LogP contribution is 2.49. The molecule has 0 heterocycles. The topological polar surface area (TPSA) is 72.3 Å². The fourth-order valence-corrected chi connectivity index (χ4v) is 7.53.